The van der Waals surface area contributed by atoms with E-state index in [9.17, 15) is 14.4 Å². The van der Waals surface area contributed by atoms with Gasteiger partial charge >= 0.3 is 11.9 Å². The van der Waals surface area contributed by atoms with Crippen LogP contribution in [0, 0.1) is 18.8 Å². The summed E-state index contributed by atoms with van der Waals surface area (Å²) in [6, 6.07) is 7.92. The highest BCUT2D eigenvalue weighted by atomic mass is 16.4. The zero-order valence-corrected chi connectivity index (χ0v) is 14.7. The van der Waals surface area contributed by atoms with Gasteiger partial charge in [-0.3, -0.25) is 4.79 Å². The maximum Gasteiger partial charge on any atom is 0.328 e. The molecule has 0 aromatic heterocycles. The van der Waals surface area contributed by atoms with Crippen LogP contribution in [0.5, 0.6) is 0 Å². The van der Waals surface area contributed by atoms with Gasteiger partial charge in [0, 0.05) is 30.8 Å². The van der Waals surface area contributed by atoms with Crippen molar-refractivity contribution in [1.29, 1.82) is 0 Å². The Labute approximate surface area is 152 Å². The topological polar surface area (TPSA) is 107 Å². The van der Waals surface area contributed by atoms with Gasteiger partial charge in [-0.15, -0.1) is 0 Å². The number of aryl methyl sites for hydroxylation is 1. The van der Waals surface area contributed by atoms with Crippen LogP contribution >= 0.6 is 0 Å². The van der Waals surface area contributed by atoms with E-state index in [-0.39, 0.29) is 5.91 Å². The van der Waals surface area contributed by atoms with Gasteiger partial charge < -0.3 is 20.4 Å². The standard InChI is InChI=1S/C15H20N2O.C4H4O4/c1-11-2-4-14(5-3-11)15(18)17-9-12-6-13(10-17)8-16-7-12;5-3(6)1-2-4(7)8/h2-5,12-13,16H,6-10H2,1H3;1-2H,(H,5,6)(H,7,8)/b;2-1+/t12-,13+;. The quantitative estimate of drug-likeness (QED) is 0.703. The lowest BCUT2D eigenvalue weighted by molar-refractivity contribution is -0.134. The molecular formula is C19H24N2O5. The SMILES string of the molecule is Cc1ccc(C(=O)N2C[C@@H]3CNC[C@@H](C3)C2)cc1.O=C(O)/C=C/C(=O)O. The number of nitrogens with one attached hydrogen (secondary N) is 1. The average Bonchev–Trinajstić information content (AvgIpc) is 2.60. The number of rotatable bonds is 3. The summed E-state index contributed by atoms with van der Waals surface area (Å²) >= 11 is 0. The Morgan fingerprint density at radius 1 is 1.00 bits per heavy atom. The third kappa shape index (κ3) is 6.00. The van der Waals surface area contributed by atoms with Crippen LogP contribution in [0.4, 0.5) is 0 Å². The molecule has 3 N–H and O–H groups in total. The fourth-order valence-electron chi connectivity index (χ4n) is 3.29. The third-order valence-corrected chi connectivity index (χ3v) is 4.44. The fraction of sp³-hybridized carbons (Fsp3) is 0.421. The second kappa shape index (κ2) is 9.15. The van der Waals surface area contributed by atoms with Gasteiger partial charge in [0.1, 0.15) is 0 Å². The number of carbonyl (C=O) groups excluding carboxylic acids is 1. The van der Waals surface area contributed by atoms with Gasteiger partial charge in [0.05, 0.1) is 0 Å². The molecule has 2 aliphatic rings. The van der Waals surface area contributed by atoms with Crippen LogP contribution < -0.4 is 5.32 Å². The molecule has 7 nitrogen and oxygen atoms in total. The van der Waals surface area contributed by atoms with Crippen molar-refractivity contribution in [3.05, 3.63) is 47.5 Å². The molecule has 2 heterocycles. The second-order valence-electron chi connectivity index (χ2n) is 6.71. The smallest absolute Gasteiger partial charge is 0.328 e. The van der Waals surface area contributed by atoms with E-state index in [1.807, 2.05) is 36.1 Å². The number of carboxylic acids is 2. The molecule has 1 amide bonds. The van der Waals surface area contributed by atoms with Gasteiger partial charge in [-0.1, -0.05) is 17.7 Å². The van der Waals surface area contributed by atoms with Crippen molar-refractivity contribution in [3.63, 3.8) is 0 Å². The number of benzene rings is 1. The summed E-state index contributed by atoms with van der Waals surface area (Å²) in [6.07, 6.45) is 2.40. The first-order valence-electron chi connectivity index (χ1n) is 8.55. The summed E-state index contributed by atoms with van der Waals surface area (Å²) < 4.78 is 0. The Morgan fingerprint density at radius 3 is 1.96 bits per heavy atom. The molecular weight excluding hydrogens is 336 g/mol. The summed E-state index contributed by atoms with van der Waals surface area (Å²) in [6.45, 7) is 6.00. The van der Waals surface area contributed by atoms with E-state index >= 15 is 0 Å². The van der Waals surface area contributed by atoms with E-state index in [0.717, 1.165) is 31.7 Å². The molecule has 0 radical (unpaired) electrons. The predicted octanol–water partition coefficient (Wildman–Crippen LogP) is 1.39. The minimum atomic E-state index is -1.26. The Hall–Kier alpha value is -2.67. The van der Waals surface area contributed by atoms with Crippen LogP contribution in [0.2, 0.25) is 0 Å². The average molecular weight is 360 g/mol. The van der Waals surface area contributed by atoms with Gasteiger partial charge in [0.25, 0.3) is 5.91 Å². The van der Waals surface area contributed by atoms with Gasteiger partial charge in [0.2, 0.25) is 0 Å². The van der Waals surface area contributed by atoms with Crippen LogP contribution in [-0.4, -0.2) is 59.1 Å². The van der Waals surface area contributed by atoms with Crippen LogP contribution in [0.3, 0.4) is 0 Å². The van der Waals surface area contributed by atoms with Gasteiger partial charge in [-0.05, 0) is 50.4 Å². The number of carbonyl (C=O) groups is 3. The van der Waals surface area contributed by atoms with Gasteiger partial charge in [-0.2, -0.15) is 0 Å². The minimum Gasteiger partial charge on any atom is -0.478 e. The lowest BCUT2D eigenvalue weighted by atomic mass is 9.85. The number of aliphatic carboxylic acids is 2. The van der Waals surface area contributed by atoms with Crippen molar-refractivity contribution in [2.75, 3.05) is 26.2 Å². The zero-order valence-electron chi connectivity index (χ0n) is 14.7. The molecule has 3 rings (SSSR count). The highest BCUT2D eigenvalue weighted by Crippen LogP contribution is 2.25. The van der Waals surface area contributed by atoms with Crippen molar-refractivity contribution in [2.45, 2.75) is 13.3 Å². The Balaban J connectivity index is 0.000000260. The molecule has 7 heteroatoms. The number of carboxylic acid groups (broad SMARTS) is 2. The molecule has 2 bridgehead atoms. The van der Waals surface area contributed by atoms with E-state index in [1.165, 1.54) is 12.0 Å². The molecule has 0 unspecified atom stereocenters. The first kappa shape index (κ1) is 19.7. The second-order valence-corrected chi connectivity index (χ2v) is 6.71. The summed E-state index contributed by atoms with van der Waals surface area (Å²) in [7, 11) is 0. The van der Waals surface area contributed by atoms with Crippen molar-refractivity contribution in [2.24, 2.45) is 11.8 Å². The maximum atomic E-state index is 12.4. The highest BCUT2D eigenvalue weighted by molar-refractivity contribution is 5.94. The zero-order chi connectivity index (χ0) is 19.1. The van der Waals surface area contributed by atoms with Crippen molar-refractivity contribution in [3.8, 4) is 0 Å². The molecule has 0 saturated carbocycles. The number of nitrogens with zero attached hydrogens (tertiary/aromatic N) is 1. The highest BCUT2D eigenvalue weighted by Gasteiger charge is 2.32. The molecule has 0 spiro atoms. The van der Waals surface area contributed by atoms with Gasteiger partial charge in [0.15, 0.2) is 0 Å². The molecule has 2 fully saturated rings. The Kier molecular flexibility index (Phi) is 6.91. The molecule has 2 atom stereocenters. The number of hydrogen-bond donors (Lipinski definition) is 3. The van der Waals surface area contributed by atoms with Crippen LogP contribution in [-0.2, 0) is 9.59 Å². The van der Waals surface area contributed by atoms with E-state index in [2.05, 4.69) is 5.32 Å². The van der Waals surface area contributed by atoms with E-state index in [1.54, 1.807) is 0 Å². The largest absolute Gasteiger partial charge is 0.478 e. The van der Waals surface area contributed by atoms with E-state index in [4.69, 9.17) is 10.2 Å². The van der Waals surface area contributed by atoms with Crippen LogP contribution in [0.25, 0.3) is 0 Å². The summed E-state index contributed by atoms with van der Waals surface area (Å²) in [5, 5.41) is 19.1. The number of piperidine rings is 2. The molecule has 2 saturated heterocycles. The normalized spacial score (nSPS) is 21.7. The lowest BCUT2D eigenvalue weighted by Gasteiger charge is -2.41. The van der Waals surface area contributed by atoms with Crippen molar-refractivity contribution >= 4 is 17.8 Å². The molecule has 26 heavy (non-hydrogen) atoms. The molecule has 2 aliphatic heterocycles. The van der Waals surface area contributed by atoms with Crippen LogP contribution in [0.15, 0.2) is 36.4 Å². The molecule has 1 aromatic rings. The number of fused-ring (bicyclic) bond motifs is 2. The summed E-state index contributed by atoms with van der Waals surface area (Å²) in [4.78, 5) is 33.6. The lowest BCUT2D eigenvalue weighted by Crippen LogP contribution is -2.52. The van der Waals surface area contributed by atoms with E-state index < -0.39 is 11.9 Å². The van der Waals surface area contributed by atoms with Crippen molar-refractivity contribution < 1.29 is 24.6 Å². The molecule has 0 aliphatic carbocycles. The Morgan fingerprint density at radius 2 is 1.50 bits per heavy atom. The monoisotopic (exact) mass is 360 g/mol. The summed E-state index contributed by atoms with van der Waals surface area (Å²) in [5.74, 6) is -1.02. The third-order valence-electron chi connectivity index (χ3n) is 4.44. The first-order valence-corrected chi connectivity index (χ1v) is 8.55. The van der Waals surface area contributed by atoms with Crippen LogP contribution in [0.1, 0.15) is 22.3 Å². The minimum absolute atomic E-state index is 0.201. The number of amides is 1. The predicted molar refractivity (Wildman–Crippen MR) is 96.0 cm³/mol. The van der Waals surface area contributed by atoms with Gasteiger partial charge in [-0.25, -0.2) is 9.59 Å². The van der Waals surface area contributed by atoms with E-state index in [0.29, 0.717) is 24.0 Å². The maximum absolute atomic E-state index is 12.4. The summed E-state index contributed by atoms with van der Waals surface area (Å²) in [5.41, 5.74) is 2.03. The first-order chi connectivity index (χ1) is 12.3. The number of hydrogen-bond acceptors (Lipinski definition) is 4. The molecule has 140 valence electrons. The number of likely N-dealkylation sites (tertiary alicyclic amines) is 1. The Bertz CT molecular complexity index is 656. The van der Waals surface area contributed by atoms with Crippen molar-refractivity contribution in [1.82, 2.24) is 10.2 Å². The molecule has 1 aromatic carbocycles. The fourth-order valence-corrected chi connectivity index (χ4v) is 3.29.